The third kappa shape index (κ3) is 5.24. The van der Waals surface area contributed by atoms with E-state index in [1.807, 2.05) is 0 Å². The van der Waals surface area contributed by atoms with E-state index >= 15 is 0 Å². The van der Waals surface area contributed by atoms with Crippen LogP contribution in [0.1, 0.15) is 17.2 Å². The normalized spacial score (nSPS) is 12.5. The summed E-state index contributed by atoms with van der Waals surface area (Å²) >= 11 is 0. The standard InChI is InChI=1S/C16H16F3N3O2/c17-16(18,19)10-24-15-12(7-4-8-21-15)9-22-14(23)13(20)11-5-2-1-3-6-11/h1-8,13H,9-10,20H2,(H,22,23). The van der Waals surface area contributed by atoms with Crippen molar-refractivity contribution in [3.8, 4) is 5.88 Å². The average molecular weight is 339 g/mol. The van der Waals surface area contributed by atoms with Crippen LogP contribution in [0.4, 0.5) is 13.2 Å². The highest BCUT2D eigenvalue weighted by Gasteiger charge is 2.29. The number of hydrogen-bond donors (Lipinski definition) is 2. The molecule has 3 N–H and O–H groups in total. The maximum atomic E-state index is 12.2. The van der Waals surface area contributed by atoms with Gasteiger partial charge in [0.05, 0.1) is 0 Å². The molecule has 24 heavy (non-hydrogen) atoms. The second kappa shape index (κ2) is 7.78. The Morgan fingerprint density at radius 1 is 1.21 bits per heavy atom. The summed E-state index contributed by atoms with van der Waals surface area (Å²) in [6.45, 7) is -1.49. The molecular weight excluding hydrogens is 323 g/mol. The second-order valence-electron chi connectivity index (χ2n) is 4.98. The first kappa shape index (κ1) is 17.7. The number of pyridine rings is 1. The largest absolute Gasteiger partial charge is 0.468 e. The number of aromatic nitrogens is 1. The van der Waals surface area contributed by atoms with Crippen molar-refractivity contribution < 1.29 is 22.7 Å². The molecule has 0 saturated heterocycles. The van der Waals surface area contributed by atoms with Crippen LogP contribution in [0.15, 0.2) is 48.7 Å². The molecular formula is C16H16F3N3O2. The summed E-state index contributed by atoms with van der Waals surface area (Å²) in [6, 6.07) is 10.9. The second-order valence-corrected chi connectivity index (χ2v) is 4.98. The van der Waals surface area contributed by atoms with Crippen LogP contribution in [-0.2, 0) is 11.3 Å². The van der Waals surface area contributed by atoms with Crippen LogP contribution < -0.4 is 15.8 Å². The maximum absolute atomic E-state index is 12.2. The number of nitrogens with zero attached hydrogens (tertiary/aromatic N) is 1. The molecule has 0 aliphatic carbocycles. The minimum absolute atomic E-state index is 0.0413. The fraction of sp³-hybridized carbons (Fsp3) is 0.250. The average Bonchev–Trinajstić information content (AvgIpc) is 2.58. The van der Waals surface area contributed by atoms with E-state index in [1.54, 1.807) is 36.4 Å². The molecule has 1 aromatic carbocycles. The Bertz CT molecular complexity index is 678. The van der Waals surface area contributed by atoms with Crippen LogP contribution in [0.5, 0.6) is 5.88 Å². The van der Waals surface area contributed by atoms with Crippen LogP contribution in [0.2, 0.25) is 0 Å². The van der Waals surface area contributed by atoms with Gasteiger partial charge in [-0.3, -0.25) is 4.79 Å². The van der Waals surface area contributed by atoms with Crippen molar-refractivity contribution in [1.82, 2.24) is 10.3 Å². The number of hydrogen-bond acceptors (Lipinski definition) is 4. The molecule has 0 saturated carbocycles. The number of nitrogens with one attached hydrogen (secondary N) is 1. The molecule has 8 heteroatoms. The SMILES string of the molecule is NC(C(=O)NCc1cccnc1OCC(F)(F)F)c1ccccc1. The number of nitrogens with two attached hydrogens (primary N) is 1. The molecule has 1 amide bonds. The van der Waals surface area contributed by atoms with E-state index in [1.165, 1.54) is 12.3 Å². The zero-order valence-electron chi connectivity index (χ0n) is 12.6. The van der Waals surface area contributed by atoms with Crippen molar-refractivity contribution in [3.63, 3.8) is 0 Å². The van der Waals surface area contributed by atoms with Gasteiger partial charge < -0.3 is 15.8 Å². The monoisotopic (exact) mass is 339 g/mol. The van der Waals surface area contributed by atoms with Gasteiger partial charge in [0, 0.05) is 18.3 Å². The van der Waals surface area contributed by atoms with E-state index in [-0.39, 0.29) is 12.4 Å². The lowest BCUT2D eigenvalue weighted by Crippen LogP contribution is -2.33. The molecule has 2 aromatic rings. The van der Waals surface area contributed by atoms with Crippen LogP contribution in [0.25, 0.3) is 0 Å². The molecule has 5 nitrogen and oxygen atoms in total. The van der Waals surface area contributed by atoms with E-state index in [0.29, 0.717) is 11.1 Å². The Morgan fingerprint density at radius 3 is 2.58 bits per heavy atom. The zero-order valence-corrected chi connectivity index (χ0v) is 12.6. The number of ether oxygens (including phenoxy) is 1. The number of rotatable bonds is 6. The van der Waals surface area contributed by atoms with Crippen LogP contribution >= 0.6 is 0 Å². The fourth-order valence-corrected chi connectivity index (χ4v) is 1.94. The number of alkyl halides is 3. The molecule has 0 radical (unpaired) electrons. The van der Waals surface area contributed by atoms with Gasteiger partial charge in [0.1, 0.15) is 6.04 Å². The van der Waals surface area contributed by atoms with Crippen molar-refractivity contribution in [2.75, 3.05) is 6.61 Å². The van der Waals surface area contributed by atoms with Gasteiger partial charge in [-0.2, -0.15) is 13.2 Å². The van der Waals surface area contributed by atoms with Crippen molar-refractivity contribution >= 4 is 5.91 Å². The Morgan fingerprint density at radius 2 is 1.92 bits per heavy atom. The van der Waals surface area contributed by atoms with E-state index in [2.05, 4.69) is 15.0 Å². The molecule has 1 heterocycles. The first-order chi connectivity index (χ1) is 11.4. The molecule has 128 valence electrons. The summed E-state index contributed by atoms with van der Waals surface area (Å²) in [5.41, 5.74) is 6.81. The Kier molecular flexibility index (Phi) is 5.75. The molecule has 0 fully saturated rings. The van der Waals surface area contributed by atoms with Crippen LogP contribution in [0, 0.1) is 0 Å². The minimum Gasteiger partial charge on any atom is -0.468 e. The number of benzene rings is 1. The van der Waals surface area contributed by atoms with E-state index in [0.717, 1.165) is 0 Å². The van der Waals surface area contributed by atoms with Gasteiger partial charge in [-0.1, -0.05) is 36.4 Å². The van der Waals surface area contributed by atoms with Gasteiger partial charge >= 0.3 is 6.18 Å². The predicted molar refractivity (Wildman–Crippen MR) is 81.0 cm³/mol. The van der Waals surface area contributed by atoms with Gasteiger partial charge in [-0.05, 0) is 11.6 Å². The number of carbonyl (C=O) groups is 1. The molecule has 1 atom stereocenters. The minimum atomic E-state index is -4.46. The summed E-state index contributed by atoms with van der Waals surface area (Å²) in [7, 11) is 0. The summed E-state index contributed by atoms with van der Waals surface area (Å²) < 4.78 is 41.4. The Labute approximate surface area is 136 Å². The first-order valence-electron chi connectivity index (χ1n) is 7.08. The molecule has 2 rings (SSSR count). The smallest absolute Gasteiger partial charge is 0.422 e. The third-order valence-electron chi connectivity index (χ3n) is 3.12. The van der Waals surface area contributed by atoms with Gasteiger partial charge in [0.2, 0.25) is 11.8 Å². The topological polar surface area (TPSA) is 77.2 Å². The summed E-state index contributed by atoms with van der Waals surface area (Å²) in [4.78, 5) is 15.8. The maximum Gasteiger partial charge on any atom is 0.422 e. The van der Waals surface area contributed by atoms with Gasteiger partial charge in [-0.25, -0.2) is 4.98 Å². The quantitative estimate of drug-likeness (QED) is 0.847. The molecule has 1 unspecified atom stereocenters. The Hall–Kier alpha value is -2.61. The summed E-state index contributed by atoms with van der Waals surface area (Å²) in [6.07, 6.45) is -3.15. The summed E-state index contributed by atoms with van der Waals surface area (Å²) in [5, 5.41) is 2.57. The first-order valence-corrected chi connectivity index (χ1v) is 7.08. The molecule has 0 aliphatic rings. The van der Waals surface area contributed by atoms with Crippen LogP contribution in [-0.4, -0.2) is 23.7 Å². The van der Waals surface area contributed by atoms with E-state index < -0.39 is 24.7 Å². The highest BCUT2D eigenvalue weighted by Crippen LogP contribution is 2.20. The van der Waals surface area contributed by atoms with E-state index in [4.69, 9.17) is 5.73 Å². The van der Waals surface area contributed by atoms with Gasteiger partial charge in [0.25, 0.3) is 0 Å². The lowest BCUT2D eigenvalue weighted by molar-refractivity contribution is -0.154. The lowest BCUT2D eigenvalue weighted by Gasteiger charge is -2.15. The number of amides is 1. The Balaban J connectivity index is 1.98. The number of halogens is 3. The fourth-order valence-electron chi connectivity index (χ4n) is 1.94. The zero-order chi connectivity index (χ0) is 17.6. The highest BCUT2D eigenvalue weighted by atomic mass is 19.4. The summed E-state index contributed by atoms with van der Waals surface area (Å²) in [5.74, 6) is -0.629. The number of carbonyl (C=O) groups excluding carboxylic acids is 1. The highest BCUT2D eigenvalue weighted by molar-refractivity contribution is 5.82. The molecule has 1 aromatic heterocycles. The van der Waals surface area contributed by atoms with Crippen LogP contribution in [0.3, 0.4) is 0 Å². The predicted octanol–water partition coefficient (Wildman–Crippen LogP) is 2.34. The van der Waals surface area contributed by atoms with Gasteiger partial charge in [-0.15, -0.1) is 0 Å². The van der Waals surface area contributed by atoms with Crippen molar-refractivity contribution in [2.24, 2.45) is 5.73 Å². The molecule has 0 aliphatic heterocycles. The molecule has 0 spiro atoms. The molecule has 0 bridgehead atoms. The van der Waals surface area contributed by atoms with Crippen molar-refractivity contribution in [1.29, 1.82) is 0 Å². The lowest BCUT2D eigenvalue weighted by atomic mass is 10.1. The van der Waals surface area contributed by atoms with Crippen molar-refractivity contribution in [3.05, 3.63) is 59.8 Å². The van der Waals surface area contributed by atoms with E-state index in [9.17, 15) is 18.0 Å². The third-order valence-corrected chi connectivity index (χ3v) is 3.12. The van der Waals surface area contributed by atoms with Gasteiger partial charge in [0.15, 0.2) is 6.61 Å². The van der Waals surface area contributed by atoms with Crippen molar-refractivity contribution in [2.45, 2.75) is 18.8 Å².